The van der Waals surface area contributed by atoms with Crippen LogP contribution in [0.2, 0.25) is 0 Å². The summed E-state index contributed by atoms with van der Waals surface area (Å²) >= 11 is 0. The van der Waals surface area contributed by atoms with Crippen LogP contribution in [0.1, 0.15) is 39.2 Å². The van der Waals surface area contributed by atoms with Crippen LogP contribution >= 0.6 is 0 Å². The lowest BCUT2D eigenvalue weighted by Gasteiger charge is -2.30. The predicted molar refractivity (Wildman–Crippen MR) is 115 cm³/mol. The highest BCUT2D eigenvalue weighted by Gasteiger charge is 2.24. The number of anilines is 1. The van der Waals surface area contributed by atoms with Gasteiger partial charge in [-0.05, 0) is 69.0 Å². The maximum Gasteiger partial charge on any atom is 0.232 e. The molecule has 0 radical (unpaired) electrons. The zero-order valence-electron chi connectivity index (χ0n) is 16.3. The minimum atomic E-state index is -3.27. The van der Waals surface area contributed by atoms with Crippen LogP contribution in [-0.2, 0) is 10.0 Å². The van der Waals surface area contributed by atoms with E-state index in [1.807, 2.05) is 37.3 Å². The molecular formula is C22H26N2O3S. The van der Waals surface area contributed by atoms with Crippen LogP contribution in [0.5, 0.6) is 5.75 Å². The molecule has 1 aliphatic carbocycles. The Morgan fingerprint density at radius 2 is 1.82 bits per heavy atom. The van der Waals surface area contributed by atoms with Gasteiger partial charge in [-0.3, -0.25) is 4.72 Å². The molecule has 6 heteroatoms. The molecule has 1 N–H and O–H groups in total. The van der Waals surface area contributed by atoms with Crippen LogP contribution < -0.4 is 9.46 Å². The molecule has 0 spiro atoms. The molecule has 5 nitrogen and oxygen atoms in total. The molecule has 0 unspecified atom stereocenters. The van der Waals surface area contributed by atoms with E-state index in [0.717, 1.165) is 11.3 Å². The first kappa shape index (κ1) is 18.9. The number of hydrogen-bond donors (Lipinski definition) is 1. The van der Waals surface area contributed by atoms with Crippen molar-refractivity contribution in [1.82, 2.24) is 4.57 Å². The minimum absolute atomic E-state index is 0.0623. The number of hydrogen-bond acceptors (Lipinski definition) is 3. The van der Waals surface area contributed by atoms with E-state index in [9.17, 15) is 8.42 Å². The van der Waals surface area contributed by atoms with E-state index < -0.39 is 10.0 Å². The largest absolute Gasteiger partial charge is 0.494 e. The molecule has 0 bridgehead atoms. The fraction of sp³-hybridized carbons (Fsp3) is 0.364. The average Bonchev–Trinajstić information content (AvgIpc) is 3.00. The van der Waals surface area contributed by atoms with Gasteiger partial charge in [0, 0.05) is 28.9 Å². The van der Waals surface area contributed by atoms with Crippen molar-refractivity contribution >= 4 is 26.6 Å². The van der Waals surface area contributed by atoms with Crippen LogP contribution in [0.15, 0.2) is 48.5 Å². The topological polar surface area (TPSA) is 60.3 Å². The molecule has 4 rings (SSSR count). The first-order chi connectivity index (χ1) is 13.5. The standard InChI is InChI=1S/C22H26N2O3S/c1-3-27-20-13-10-17-14-21(24(22(17)15-20)19-6-5-7-19)16-8-11-18(12-9-16)23-28(25,26)4-2/h8-15,19,23H,3-7H2,1-2H3. The molecule has 0 atom stereocenters. The summed E-state index contributed by atoms with van der Waals surface area (Å²) in [7, 11) is -3.27. The highest BCUT2D eigenvalue weighted by atomic mass is 32.2. The lowest BCUT2D eigenvalue weighted by atomic mass is 9.92. The van der Waals surface area contributed by atoms with Gasteiger partial charge in [-0.1, -0.05) is 12.1 Å². The Bertz CT molecular complexity index is 1080. The smallest absolute Gasteiger partial charge is 0.232 e. The molecule has 0 amide bonds. The Balaban J connectivity index is 1.75. The molecule has 148 valence electrons. The fourth-order valence-corrected chi connectivity index (χ4v) is 4.32. The summed E-state index contributed by atoms with van der Waals surface area (Å²) in [4.78, 5) is 0. The fourth-order valence-electron chi connectivity index (χ4n) is 3.68. The molecule has 1 aliphatic rings. The number of nitrogens with one attached hydrogen (secondary N) is 1. The van der Waals surface area contributed by atoms with E-state index in [1.165, 1.54) is 35.9 Å². The minimum Gasteiger partial charge on any atom is -0.494 e. The van der Waals surface area contributed by atoms with E-state index in [0.29, 0.717) is 18.3 Å². The molecule has 1 fully saturated rings. The summed E-state index contributed by atoms with van der Waals surface area (Å²) in [5.41, 5.74) is 4.04. The molecule has 1 heterocycles. The van der Waals surface area contributed by atoms with E-state index in [1.54, 1.807) is 6.92 Å². The third-order valence-corrected chi connectivity index (χ3v) is 6.70. The number of sulfonamides is 1. The Hall–Kier alpha value is -2.47. The number of rotatable bonds is 7. The zero-order chi connectivity index (χ0) is 19.7. The van der Waals surface area contributed by atoms with Gasteiger partial charge in [0.1, 0.15) is 5.75 Å². The van der Waals surface area contributed by atoms with E-state index >= 15 is 0 Å². The van der Waals surface area contributed by atoms with Gasteiger partial charge in [-0.15, -0.1) is 0 Å². The van der Waals surface area contributed by atoms with Crippen molar-refractivity contribution in [3.05, 3.63) is 48.5 Å². The number of benzene rings is 2. The first-order valence-corrected chi connectivity index (χ1v) is 11.5. The maximum atomic E-state index is 11.8. The van der Waals surface area contributed by atoms with Gasteiger partial charge in [-0.2, -0.15) is 0 Å². The van der Waals surface area contributed by atoms with Crippen molar-refractivity contribution in [3.8, 4) is 17.0 Å². The summed E-state index contributed by atoms with van der Waals surface area (Å²) in [6.07, 6.45) is 3.63. The molecule has 0 aliphatic heterocycles. The molecule has 28 heavy (non-hydrogen) atoms. The molecule has 0 saturated heterocycles. The van der Waals surface area contributed by atoms with Crippen molar-refractivity contribution in [3.63, 3.8) is 0 Å². The summed E-state index contributed by atoms with van der Waals surface area (Å²) < 4.78 is 34.3. The summed E-state index contributed by atoms with van der Waals surface area (Å²) in [6, 6.07) is 16.6. The molecule has 2 aromatic carbocycles. The van der Waals surface area contributed by atoms with Gasteiger partial charge in [0.2, 0.25) is 10.0 Å². The highest BCUT2D eigenvalue weighted by Crippen LogP contribution is 2.41. The Labute approximate surface area is 166 Å². The van der Waals surface area contributed by atoms with Crippen molar-refractivity contribution in [2.45, 2.75) is 39.2 Å². The van der Waals surface area contributed by atoms with Gasteiger partial charge in [0.25, 0.3) is 0 Å². The van der Waals surface area contributed by atoms with Gasteiger partial charge in [-0.25, -0.2) is 8.42 Å². The van der Waals surface area contributed by atoms with Gasteiger partial charge in [0.05, 0.1) is 17.9 Å². The second kappa shape index (κ2) is 7.51. The first-order valence-electron chi connectivity index (χ1n) is 9.89. The van der Waals surface area contributed by atoms with Gasteiger partial charge < -0.3 is 9.30 Å². The number of nitrogens with zero attached hydrogens (tertiary/aromatic N) is 1. The lowest BCUT2D eigenvalue weighted by molar-refractivity contribution is 0.323. The van der Waals surface area contributed by atoms with Crippen molar-refractivity contribution in [2.75, 3.05) is 17.1 Å². The summed E-state index contributed by atoms with van der Waals surface area (Å²) in [6.45, 7) is 4.27. The third-order valence-electron chi connectivity index (χ3n) is 5.40. The van der Waals surface area contributed by atoms with E-state index in [2.05, 4.69) is 27.5 Å². The second-order valence-electron chi connectivity index (χ2n) is 7.22. The van der Waals surface area contributed by atoms with Crippen LogP contribution in [0.3, 0.4) is 0 Å². The van der Waals surface area contributed by atoms with Crippen LogP contribution in [-0.4, -0.2) is 25.3 Å². The SMILES string of the molecule is CCOc1ccc2cc(-c3ccc(NS(=O)(=O)CC)cc3)n(C3CCC3)c2c1. The normalized spacial score (nSPS) is 14.8. The van der Waals surface area contributed by atoms with E-state index in [4.69, 9.17) is 4.74 Å². The van der Waals surface area contributed by atoms with Crippen LogP contribution in [0.25, 0.3) is 22.2 Å². The van der Waals surface area contributed by atoms with Gasteiger partial charge in [0.15, 0.2) is 0 Å². The highest BCUT2D eigenvalue weighted by molar-refractivity contribution is 7.92. The number of ether oxygens (including phenoxy) is 1. The quantitative estimate of drug-likeness (QED) is 0.595. The van der Waals surface area contributed by atoms with E-state index in [-0.39, 0.29) is 5.75 Å². The van der Waals surface area contributed by atoms with Crippen molar-refractivity contribution in [1.29, 1.82) is 0 Å². The number of aromatic nitrogens is 1. The second-order valence-corrected chi connectivity index (χ2v) is 9.23. The Morgan fingerprint density at radius 3 is 2.43 bits per heavy atom. The molecule has 1 aromatic heterocycles. The molecule has 3 aromatic rings. The summed E-state index contributed by atoms with van der Waals surface area (Å²) in [5.74, 6) is 0.955. The number of fused-ring (bicyclic) bond motifs is 1. The lowest BCUT2D eigenvalue weighted by Crippen LogP contribution is -2.17. The van der Waals surface area contributed by atoms with Gasteiger partial charge >= 0.3 is 0 Å². The Kier molecular flexibility index (Phi) is 5.06. The monoisotopic (exact) mass is 398 g/mol. The Morgan fingerprint density at radius 1 is 1.07 bits per heavy atom. The maximum absolute atomic E-state index is 11.8. The molecular weight excluding hydrogens is 372 g/mol. The van der Waals surface area contributed by atoms with Crippen molar-refractivity contribution in [2.24, 2.45) is 0 Å². The van der Waals surface area contributed by atoms with Crippen molar-refractivity contribution < 1.29 is 13.2 Å². The zero-order valence-corrected chi connectivity index (χ0v) is 17.1. The average molecular weight is 399 g/mol. The summed E-state index contributed by atoms with van der Waals surface area (Å²) in [5, 5.41) is 1.20. The predicted octanol–water partition coefficient (Wildman–Crippen LogP) is 5.19. The third kappa shape index (κ3) is 3.61. The van der Waals surface area contributed by atoms with Crippen LogP contribution in [0.4, 0.5) is 5.69 Å². The van der Waals surface area contributed by atoms with Crippen LogP contribution in [0, 0.1) is 0 Å². The molecule has 1 saturated carbocycles.